The summed E-state index contributed by atoms with van der Waals surface area (Å²) in [6.07, 6.45) is 1.36. The number of hydrogen-bond donors (Lipinski definition) is 3. The van der Waals surface area contributed by atoms with Crippen LogP contribution in [0.5, 0.6) is 0 Å². The van der Waals surface area contributed by atoms with Crippen molar-refractivity contribution in [2.24, 2.45) is 0 Å². The standard InChI is InChI=1S/C14H18N2O4S/c1-9-3-2-4-11(12(9)13(17)18)16-14(19)15-10-5-7-21(20)8-6-10/h2-4,10H,5-8H2,1H3,(H,17,18)(H2,15,16,19). The molecule has 0 aromatic heterocycles. The number of hydrogen-bond acceptors (Lipinski definition) is 3. The third-order valence-corrected chi connectivity index (χ3v) is 4.84. The molecule has 21 heavy (non-hydrogen) atoms. The zero-order chi connectivity index (χ0) is 15.4. The maximum absolute atomic E-state index is 12.0. The summed E-state index contributed by atoms with van der Waals surface area (Å²) in [5.74, 6) is 0.113. The Bertz CT molecular complexity index is 578. The van der Waals surface area contributed by atoms with Gasteiger partial charge in [-0.1, -0.05) is 12.1 Å². The summed E-state index contributed by atoms with van der Waals surface area (Å²) in [6.45, 7) is 1.68. The van der Waals surface area contributed by atoms with Crippen LogP contribution in [0.3, 0.4) is 0 Å². The first-order valence-corrected chi connectivity index (χ1v) is 8.21. The fourth-order valence-corrected chi connectivity index (χ4v) is 3.64. The zero-order valence-corrected chi connectivity index (χ0v) is 12.5. The largest absolute Gasteiger partial charge is 0.478 e. The minimum Gasteiger partial charge on any atom is -0.478 e. The molecule has 1 saturated heterocycles. The number of urea groups is 1. The Morgan fingerprint density at radius 3 is 2.57 bits per heavy atom. The molecule has 0 saturated carbocycles. The quantitative estimate of drug-likeness (QED) is 0.792. The highest BCUT2D eigenvalue weighted by Crippen LogP contribution is 2.19. The fraction of sp³-hybridized carbons (Fsp3) is 0.429. The third-order valence-electron chi connectivity index (χ3n) is 3.46. The van der Waals surface area contributed by atoms with Gasteiger partial charge in [-0.25, -0.2) is 9.59 Å². The first-order valence-electron chi connectivity index (χ1n) is 6.73. The Morgan fingerprint density at radius 2 is 1.95 bits per heavy atom. The number of anilines is 1. The van der Waals surface area contributed by atoms with Gasteiger partial charge in [-0.2, -0.15) is 0 Å². The molecule has 2 rings (SSSR count). The van der Waals surface area contributed by atoms with Crippen molar-refractivity contribution in [3.05, 3.63) is 29.3 Å². The van der Waals surface area contributed by atoms with Crippen molar-refractivity contribution >= 4 is 28.5 Å². The van der Waals surface area contributed by atoms with Crippen LogP contribution in [0.2, 0.25) is 0 Å². The maximum atomic E-state index is 12.0. The highest BCUT2D eigenvalue weighted by molar-refractivity contribution is 7.85. The van der Waals surface area contributed by atoms with Gasteiger partial charge in [0.05, 0.1) is 11.3 Å². The van der Waals surface area contributed by atoms with Crippen LogP contribution >= 0.6 is 0 Å². The van der Waals surface area contributed by atoms with Crippen molar-refractivity contribution in [2.45, 2.75) is 25.8 Å². The van der Waals surface area contributed by atoms with Gasteiger partial charge in [-0.15, -0.1) is 0 Å². The van der Waals surface area contributed by atoms with Crippen LogP contribution in [0.15, 0.2) is 18.2 Å². The van der Waals surface area contributed by atoms with Gasteiger partial charge in [0.25, 0.3) is 0 Å². The Balaban J connectivity index is 2.01. The van der Waals surface area contributed by atoms with Crippen LogP contribution in [0.25, 0.3) is 0 Å². The topological polar surface area (TPSA) is 95.5 Å². The summed E-state index contributed by atoms with van der Waals surface area (Å²) < 4.78 is 11.3. The Hall–Kier alpha value is -1.89. The van der Waals surface area contributed by atoms with Gasteiger partial charge in [-0.05, 0) is 31.4 Å². The molecule has 2 amide bonds. The lowest BCUT2D eigenvalue weighted by atomic mass is 10.1. The minimum atomic E-state index is -1.07. The summed E-state index contributed by atoms with van der Waals surface area (Å²) in [7, 11) is -0.776. The monoisotopic (exact) mass is 310 g/mol. The molecular weight excluding hydrogens is 292 g/mol. The molecule has 1 aliphatic heterocycles. The van der Waals surface area contributed by atoms with Crippen LogP contribution in [-0.2, 0) is 10.8 Å². The number of carbonyl (C=O) groups is 2. The number of amides is 2. The molecule has 0 bridgehead atoms. The van der Waals surface area contributed by atoms with Crippen molar-refractivity contribution in [1.29, 1.82) is 0 Å². The molecule has 1 aromatic rings. The van der Waals surface area contributed by atoms with E-state index in [1.165, 1.54) is 0 Å². The van der Waals surface area contributed by atoms with E-state index >= 15 is 0 Å². The molecule has 0 unspecified atom stereocenters. The van der Waals surface area contributed by atoms with Crippen LogP contribution in [0, 0.1) is 6.92 Å². The summed E-state index contributed by atoms with van der Waals surface area (Å²) in [6, 6.07) is 4.50. The molecule has 0 spiro atoms. The molecule has 0 aliphatic carbocycles. The number of carbonyl (C=O) groups excluding carboxylic acids is 1. The molecular formula is C14H18N2O4S. The third kappa shape index (κ3) is 4.04. The van der Waals surface area contributed by atoms with E-state index in [0.29, 0.717) is 29.9 Å². The summed E-state index contributed by atoms with van der Waals surface area (Å²) >= 11 is 0. The van der Waals surface area contributed by atoms with Gasteiger partial charge in [0.1, 0.15) is 0 Å². The predicted octanol–water partition coefficient (Wildman–Crippen LogP) is 1.73. The smallest absolute Gasteiger partial charge is 0.338 e. The molecule has 6 nitrogen and oxygen atoms in total. The predicted molar refractivity (Wildman–Crippen MR) is 81.2 cm³/mol. The Labute approximate surface area is 125 Å². The number of aryl methyl sites for hydroxylation is 1. The zero-order valence-electron chi connectivity index (χ0n) is 11.7. The number of nitrogens with one attached hydrogen (secondary N) is 2. The molecule has 114 valence electrons. The SMILES string of the molecule is Cc1cccc(NC(=O)NC2CCS(=O)CC2)c1C(=O)O. The molecule has 0 radical (unpaired) electrons. The van der Waals surface area contributed by atoms with Crippen LogP contribution in [0.4, 0.5) is 10.5 Å². The normalized spacial score (nSPS) is 21.6. The highest BCUT2D eigenvalue weighted by atomic mass is 32.2. The van der Waals surface area contributed by atoms with Gasteiger partial charge in [0.2, 0.25) is 0 Å². The molecule has 1 aliphatic rings. The second-order valence-electron chi connectivity index (χ2n) is 5.02. The maximum Gasteiger partial charge on any atom is 0.338 e. The van der Waals surface area contributed by atoms with Crippen molar-refractivity contribution in [3.8, 4) is 0 Å². The lowest BCUT2D eigenvalue weighted by Crippen LogP contribution is -2.41. The highest BCUT2D eigenvalue weighted by Gasteiger charge is 2.20. The van der Waals surface area contributed by atoms with E-state index in [2.05, 4.69) is 10.6 Å². The van der Waals surface area contributed by atoms with Crippen LogP contribution in [-0.4, -0.2) is 38.9 Å². The van der Waals surface area contributed by atoms with Crippen LogP contribution in [0.1, 0.15) is 28.8 Å². The minimum absolute atomic E-state index is 0.0132. The number of carboxylic acid groups (broad SMARTS) is 1. The van der Waals surface area contributed by atoms with E-state index in [0.717, 1.165) is 0 Å². The average molecular weight is 310 g/mol. The van der Waals surface area contributed by atoms with Crippen molar-refractivity contribution in [2.75, 3.05) is 16.8 Å². The number of rotatable bonds is 3. The Morgan fingerprint density at radius 1 is 1.29 bits per heavy atom. The summed E-state index contributed by atoms with van der Waals surface area (Å²) in [5, 5.41) is 14.6. The Kier molecular flexibility index (Phi) is 4.95. The number of benzene rings is 1. The van der Waals surface area contributed by atoms with E-state index in [1.54, 1.807) is 25.1 Å². The van der Waals surface area contributed by atoms with Crippen molar-refractivity contribution in [1.82, 2.24) is 5.32 Å². The molecule has 7 heteroatoms. The van der Waals surface area contributed by atoms with E-state index in [4.69, 9.17) is 0 Å². The lowest BCUT2D eigenvalue weighted by Gasteiger charge is -2.23. The molecule has 1 aromatic carbocycles. The van der Waals surface area contributed by atoms with Gasteiger partial charge in [-0.3, -0.25) is 4.21 Å². The van der Waals surface area contributed by atoms with Crippen LogP contribution < -0.4 is 10.6 Å². The average Bonchev–Trinajstić information content (AvgIpc) is 2.41. The lowest BCUT2D eigenvalue weighted by molar-refractivity contribution is 0.0697. The first kappa shape index (κ1) is 15.5. The van der Waals surface area contributed by atoms with Crippen molar-refractivity contribution < 1.29 is 18.9 Å². The van der Waals surface area contributed by atoms with Crippen molar-refractivity contribution in [3.63, 3.8) is 0 Å². The summed E-state index contributed by atoms with van der Waals surface area (Å²) in [5.41, 5.74) is 0.963. The number of aromatic carboxylic acids is 1. The molecule has 1 heterocycles. The summed E-state index contributed by atoms with van der Waals surface area (Å²) in [4.78, 5) is 23.2. The van der Waals surface area contributed by atoms with Gasteiger partial charge >= 0.3 is 12.0 Å². The van der Waals surface area contributed by atoms with E-state index in [1.807, 2.05) is 0 Å². The molecule has 3 N–H and O–H groups in total. The van der Waals surface area contributed by atoms with Gasteiger partial charge in [0.15, 0.2) is 0 Å². The molecule has 1 fully saturated rings. The van der Waals surface area contributed by atoms with Gasteiger partial charge in [0, 0.05) is 28.3 Å². The first-order chi connectivity index (χ1) is 9.97. The second kappa shape index (κ2) is 6.71. The molecule has 0 atom stereocenters. The number of carboxylic acids is 1. The second-order valence-corrected chi connectivity index (χ2v) is 6.72. The van der Waals surface area contributed by atoms with E-state index in [9.17, 15) is 18.9 Å². The van der Waals surface area contributed by atoms with Gasteiger partial charge < -0.3 is 15.7 Å². The fourth-order valence-electron chi connectivity index (χ4n) is 2.34. The van der Waals surface area contributed by atoms with E-state index < -0.39 is 22.8 Å². The van der Waals surface area contributed by atoms with E-state index in [-0.39, 0.29) is 17.3 Å².